The molecule has 0 aliphatic rings. The Labute approximate surface area is 552 Å². The normalized spacial score (nSPS) is 10.7. The van der Waals surface area contributed by atoms with Gasteiger partial charge in [-0.15, -0.1) is 30.6 Å². The molecule has 0 saturated heterocycles. The van der Waals surface area contributed by atoms with Gasteiger partial charge in [0.1, 0.15) is 11.1 Å². The van der Waals surface area contributed by atoms with E-state index in [4.69, 9.17) is 15.3 Å². The Morgan fingerprint density at radius 3 is 0.979 bits per heavy atom. The van der Waals surface area contributed by atoms with Crippen molar-refractivity contribution < 1.29 is 20.1 Å². The van der Waals surface area contributed by atoms with Crippen LogP contribution in [0.4, 0.5) is 0 Å². The zero-order valence-corrected chi connectivity index (χ0v) is 51.3. The standard InChI is InChI=1S/C26H21BN4O2.C26H20N4.C7H7BN4O2.C7H6N4.C7H5N/c32-27(33)24-19-11-10-18-23(24)25-28-29-30-31(25)26(20-12-4-1-5-13-20,21-14-6-2-7-15-21)22-16-8-3-9-17-22;1-5-13-21(14-6-1)25-27-28-29-30(25)26(22-15-7-2-8-16-22,23-17-9-3-10-18-23)24-19-11-4-12-20-24;13-8(14)6-4-2-1-3-5(6)7-9-11-12-10-7;1-2-4-6(5-3-1)7-8-10-11-9-7;8-6-7-4-2-1-3-5-7/h1-19,32-33H;1-20H;1-4,13-14H,(H,9,10,11,12);1-5H,(H,8,9,10,11);1-5H. The Bertz CT molecular complexity index is 4590. The van der Waals surface area contributed by atoms with Gasteiger partial charge in [-0.25, -0.2) is 9.36 Å². The Kier molecular flexibility index (Phi) is 21.5. The summed E-state index contributed by atoms with van der Waals surface area (Å²) < 4.78 is 3.72. The van der Waals surface area contributed by atoms with Crippen molar-refractivity contribution in [2.45, 2.75) is 11.1 Å². The topological polar surface area (TPSA) is 301 Å². The molecule has 0 aliphatic heterocycles. The van der Waals surface area contributed by atoms with E-state index in [0.29, 0.717) is 50.9 Å². The van der Waals surface area contributed by atoms with Crippen molar-refractivity contribution in [3.05, 3.63) is 360 Å². The largest absolute Gasteiger partial charge is 0.489 e. The summed E-state index contributed by atoms with van der Waals surface area (Å²) >= 11 is 0. The molecular formula is C73H59B2N17O4. The van der Waals surface area contributed by atoms with Gasteiger partial charge in [0.05, 0.1) is 11.6 Å². The van der Waals surface area contributed by atoms with Crippen LogP contribution >= 0.6 is 0 Å². The maximum absolute atomic E-state index is 10.0. The van der Waals surface area contributed by atoms with E-state index in [1.807, 2.05) is 168 Å². The lowest BCUT2D eigenvalue weighted by Crippen LogP contribution is -2.40. The van der Waals surface area contributed by atoms with E-state index < -0.39 is 25.3 Å². The molecular weight excluding hydrogens is 1200 g/mol. The SMILES string of the molecule is N#Cc1ccccc1.OB(O)c1ccccc1-c1nn[nH]n1.OB(O)c1ccccc1-c1nnnn1C(c1ccccc1)(c1ccccc1)c1ccccc1.c1ccc(-c2nn[nH]n2)cc1.c1ccc(-c2nnnn2C(c2ccccc2)(c2ccccc2)c2ccccc2)cc1. The molecule has 0 aliphatic carbocycles. The van der Waals surface area contributed by atoms with E-state index in [0.717, 1.165) is 44.5 Å². The van der Waals surface area contributed by atoms with Crippen molar-refractivity contribution in [2.75, 3.05) is 0 Å². The summed E-state index contributed by atoms with van der Waals surface area (Å²) in [5.41, 5.74) is 8.99. The average molecular weight is 1260 g/mol. The number of nitriles is 1. The van der Waals surface area contributed by atoms with Crippen molar-refractivity contribution in [3.63, 3.8) is 0 Å². The van der Waals surface area contributed by atoms with Crippen LogP contribution in [0.2, 0.25) is 0 Å². The molecule has 0 atom stereocenters. The van der Waals surface area contributed by atoms with Gasteiger partial charge in [0.25, 0.3) is 0 Å². The second-order valence-electron chi connectivity index (χ2n) is 21.0. The number of hydrogen-bond donors (Lipinski definition) is 6. The van der Waals surface area contributed by atoms with Crippen LogP contribution in [-0.4, -0.2) is 116 Å². The van der Waals surface area contributed by atoms with Crippen LogP contribution in [-0.2, 0) is 11.1 Å². The Hall–Kier alpha value is -12.8. The van der Waals surface area contributed by atoms with Gasteiger partial charge in [-0.3, -0.25) is 0 Å². The van der Waals surface area contributed by atoms with Gasteiger partial charge in [0.15, 0.2) is 11.6 Å². The summed E-state index contributed by atoms with van der Waals surface area (Å²) in [7, 11) is -3.20. The first-order valence-electron chi connectivity index (χ1n) is 30.2. The van der Waals surface area contributed by atoms with Crippen LogP contribution in [0.1, 0.15) is 38.9 Å². The minimum absolute atomic E-state index is 0.330. The smallest absolute Gasteiger partial charge is 0.423 e. The highest BCUT2D eigenvalue weighted by molar-refractivity contribution is 6.60. The van der Waals surface area contributed by atoms with Gasteiger partial charge < -0.3 is 20.1 Å². The molecule has 0 bridgehead atoms. The van der Waals surface area contributed by atoms with Gasteiger partial charge in [-0.1, -0.05) is 309 Å². The molecule has 0 saturated carbocycles. The third-order valence-electron chi connectivity index (χ3n) is 15.3. The number of rotatable bonds is 14. The molecule has 96 heavy (non-hydrogen) atoms. The Morgan fingerprint density at radius 1 is 0.323 bits per heavy atom. The Morgan fingerprint density at radius 2 is 0.625 bits per heavy atom. The van der Waals surface area contributed by atoms with Crippen LogP contribution in [0, 0.1) is 11.3 Å². The lowest BCUT2D eigenvalue weighted by Gasteiger charge is -2.36. The number of tetrazole rings is 4. The molecule has 0 unspecified atom stereocenters. The van der Waals surface area contributed by atoms with Crippen molar-refractivity contribution in [3.8, 4) is 51.6 Å². The lowest BCUT2D eigenvalue weighted by atomic mass is 9.75. The average Bonchev–Trinajstić information content (AvgIpc) is 1.24. The molecule has 466 valence electrons. The summed E-state index contributed by atoms with van der Waals surface area (Å²) in [5, 5.41) is 99.2. The molecule has 23 heteroatoms. The summed E-state index contributed by atoms with van der Waals surface area (Å²) in [6.07, 6.45) is 0. The number of hydrogen-bond acceptors (Lipinski definition) is 17. The minimum Gasteiger partial charge on any atom is -0.423 e. The third kappa shape index (κ3) is 14.6. The fraction of sp³-hybridized carbons (Fsp3) is 0.0274. The van der Waals surface area contributed by atoms with Crippen molar-refractivity contribution in [1.29, 1.82) is 5.26 Å². The van der Waals surface area contributed by atoms with Gasteiger partial charge in [0, 0.05) is 22.3 Å². The van der Waals surface area contributed by atoms with Crippen LogP contribution in [0.5, 0.6) is 0 Å². The lowest BCUT2D eigenvalue weighted by molar-refractivity contribution is 0.424. The number of aromatic amines is 2. The summed E-state index contributed by atoms with van der Waals surface area (Å²) in [5.74, 6) is 2.11. The highest BCUT2D eigenvalue weighted by Crippen LogP contribution is 2.44. The van der Waals surface area contributed by atoms with Gasteiger partial charge in [-0.2, -0.15) is 15.7 Å². The molecule has 11 aromatic carbocycles. The molecule has 15 aromatic rings. The first-order chi connectivity index (χ1) is 47.3. The highest BCUT2D eigenvalue weighted by Gasteiger charge is 2.43. The first-order valence-corrected chi connectivity index (χ1v) is 30.2. The second-order valence-corrected chi connectivity index (χ2v) is 21.0. The van der Waals surface area contributed by atoms with Crippen molar-refractivity contribution >= 4 is 25.2 Å². The van der Waals surface area contributed by atoms with Crippen LogP contribution in [0.25, 0.3) is 45.6 Å². The fourth-order valence-electron chi connectivity index (χ4n) is 11.1. The number of benzene rings is 11. The molecule has 21 nitrogen and oxygen atoms in total. The summed E-state index contributed by atoms with van der Waals surface area (Å²) in [6, 6.07) is 106. The molecule has 0 spiro atoms. The number of nitrogens with one attached hydrogen (secondary N) is 2. The van der Waals surface area contributed by atoms with Gasteiger partial charge in [-0.05, 0) is 87.7 Å². The molecule has 4 heterocycles. The highest BCUT2D eigenvalue weighted by atomic mass is 16.4. The van der Waals surface area contributed by atoms with Crippen molar-refractivity contribution in [2.24, 2.45) is 0 Å². The fourth-order valence-corrected chi connectivity index (χ4v) is 11.1. The molecule has 4 aromatic heterocycles. The van der Waals surface area contributed by atoms with E-state index in [9.17, 15) is 10.0 Å². The monoisotopic (exact) mass is 1260 g/mol. The quantitative estimate of drug-likeness (QED) is 0.0437. The maximum atomic E-state index is 10.0. The number of aromatic nitrogens is 16. The van der Waals surface area contributed by atoms with Gasteiger partial charge in [0.2, 0.25) is 11.6 Å². The molecule has 15 rings (SSSR count). The summed E-state index contributed by atoms with van der Waals surface area (Å²) in [6.45, 7) is 0. The second kappa shape index (κ2) is 31.9. The van der Waals surface area contributed by atoms with Crippen LogP contribution in [0.15, 0.2) is 322 Å². The van der Waals surface area contributed by atoms with E-state index in [1.165, 1.54) is 0 Å². The zero-order valence-electron chi connectivity index (χ0n) is 51.3. The zero-order chi connectivity index (χ0) is 66.2. The number of H-pyrrole nitrogens is 2. The van der Waals surface area contributed by atoms with Crippen LogP contribution < -0.4 is 10.9 Å². The Balaban J connectivity index is 0.000000134. The summed E-state index contributed by atoms with van der Waals surface area (Å²) in [4.78, 5) is 0. The van der Waals surface area contributed by atoms with E-state index in [2.05, 4.69) is 181 Å². The first kappa shape index (κ1) is 64.7. The molecule has 0 amide bonds. The molecule has 6 N–H and O–H groups in total. The van der Waals surface area contributed by atoms with Gasteiger partial charge >= 0.3 is 14.2 Å². The predicted octanol–water partition coefficient (Wildman–Crippen LogP) is 9.01. The molecule has 0 fully saturated rings. The van der Waals surface area contributed by atoms with E-state index in [1.54, 1.807) is 59.3 Å². The molecule has 0 radical (unpaired) electrons. The third-order valence-corrected chi connectivity index (χ3v) is 15.3. The number of nitrogens with zero attached hydrogens (tertiary/aromatic N) is 15. The van der Waals surface area contributed by atoms with E-state index in [-0.39, 0.29) is 0 Å². The van der Waals surface area contributed by atoms with Crippen molar-refractivity contribution in [1.82, 2.24) is 81.7 Å². The van der Waals surface area contributed by atoms with E-state index >= 15 is 0 Å². The van der Waals surface area contributed by atoms with Crippen LogP contribution in [0.3, 0.4) is 0 Å². The predicted molar refractivity (Wildman–Crippen MR) is 366 cm³/mol. The minimum atomic E-state index is -1.66. The maximum Gasteiger partial charge on any atom is 0.489 e.